The van der Waals surface area contributed by atoms with Crippen molar-refractivity contribution in [3.63, 3.8) is 0 Å². The zero-order valence-corrected chi connectivity index (χ0v) is 17.1. The monoisotopic (exact) mass is 440 g/mol. The summed E-state index contributed by atoms with van der Waals surface area (Å²) in [6.45, 7) is 9.61. The van der Waals surface area contributed by atoms with Crippen LogP contribution in [0.1, 0.15) is 23.7 Å². The first-order chi connectivity index (χ1) is 9.60. The number of aromatic nitrogens is 1. The predicted octanol–water partition coefficient (Wildman–Crippen LogP) is 3.22. The van der Waals surface area contributed by atoms with E-state index in [0.717, 1.165) is 30.6 Å². The molecule has 1 atom stereocenters. The van der Waals surface area contributed by atoms with Gasteiger partial charge in [0.2, 0.25) is 0 Å². The van der Waals surface area contributed by atoms with Gasteiger partial charge in [-0.15, -0.1) is 35.3 Å². The maximum Gasteiger partial charge on any atom is 0.194 e. The normalized spacial score (nSPS) is 19.6. The maximum absolute atomic E-state index is 4.43. The summed E-state index contributed by atoms with van der Waals surface area (Å²) in [5, 5.41) is 5.26. The topological polar surface area (TPSA) is 40.5 Å². The molecule has 4 nitrogen and oxygen atoms in total. The molecule has 1 N–H and O–H groups in total. The molecule has 2 heterocycles. The SMILES string of the molecule is CN=C(NCc1ncc(C)s1)N1CCSC(C(C)C)C1.I. The molecule has 2 rings (SSSR count). The van der Waals surface area contributed by atoms with Gasteiger partial charge in [0.05, 0.1) is 6.54 Å². The van der Waals surface area contributed by atoms with Gasteiger partial charge in [-0.25, -0.2) is 4.98 Å². The molecule has 0 aliphatic carbocycles. The number of guanidine groups is 1. The number of hydrogen-bond acceptors (Lipinski definition) is 4. The lowest BCUT2D eigenvalue weighted by Crippen LogP contribution is -2.48. The summed E-state index contributed by atoms with van der Waals surface area (Å²) >= 11 is 3.83. The van der Waals surface area contributed by atoms with Crippen LogP contribution in [0.5, 0.6) is 0 Å². The Balaban J connectivity index is 0.00000220. The van der Waals surface area contributed by atoms with Crippen molar-refractivity contribution >= 4 is 53.0 Å². The van der Waals surface area contributed by atoms with Gasteiger partial charge in [-0.2, -0.15) is 11.8 Å². The Bertz CT molecular complexity index is 462. The average molecular weight is 440 g/mol. The van der Waals surface area contributed by atoms with E-state index in [-0.39, 0.29) is 24.0 Å². The fourth-order valence-electron chi connectivity index (χ4n) is 2.24. The molecule has 1 fully saturated rings. The molecular formula is C14H25IN4S2. The van der Waals surface area contributed by atoms with Crippen LogP contribution in [0.25, 0.3) is 0 Å². The molecule has 1 aliphatic rings. The molecule has 1 aliphatic heterocycles. The quantitative estimate of drug-likeness (QED) is 0.445. The first-order valence-electron chi connectivity index (χ1n) is 7.08. The van der Waals surface area contributed by atoms with Crippen LogP contribution >= 0.6 is 47.1 Å². The summed E-state index contributed by atoms with van der Waals surface area (Å²) in [5.41, 5.74) is 0. The number of nitrogens with zero attached hydrogens (tertiary/aromatic N) is 3. The third-order valence-corrected chi connectivity index (χ3v) is 5.87. The van der Waals surface area contributed by atoms with Crippen molar-refractivity contribution in [1.29, 1.82) is 0 Å². The van der Waals surface area contributed by atoms with E-state index in [1.165, 1.54) is 10.6 Å². The number of aliphatic imine (C=N–C) groups is 1. The Kier molecular flexibility index (Phi) is 8.33. The smallest absolute Gasteiger partial charge is 0.194 e. The van der Waals surface area contributed by atoms with Gasteiger partial charge in [0.25, 0.3) is 0 Å². The van der Waals surface area contributed by atoms with Crippen molar-refractivity contribution in [1.82, 2.24) is 15.2 Å². The summed E-state index contributed by atoms with van der Waals surface area (Å²) in [4.78, 5) is 12.4. The lowest BCUT2D eigenvalue weighted by Gasteiger charge is -2.36. The van der Waals surface area contributed by atoms with E-state index in [1.807, 2.05) is 13.2 Å². The molecule has 0 aromatic carbocycles. The van der Waals surface area contributed by atoms with Gasteiger partial charge in [0.15, 0.2) is 5.96 Å². The van der Waals surface area contributed by atoms with E-state index in [1.54, 1.807) is 11.3 Å². The number of thioether (sulfide) groups is 1. The van der Waals surface area contributed by atoms with E-state index >= 15 is 0 Å². The van der Waals surface area contributed by atoms with E-state index < -0.39 is 0 Å². The Morgan fingerprint density at radius 2 is 2.33 bits per heavy atom. The standard InChI is InChI=1S/C14H24N4S2.HI/c1-10(2)12-9-18(5-6-19-12)14(15-4)17-8-13-16-7-11(3)20-13;/h7,10,12H,5-6,8-9H2,1-4H3,(H,15,17);1H. The Morgan fingerprint density at radius 3 is 2.90 bits per heavy atom. The van der Waals surface area contributed by atoms with Crippen molar-refractivity contribution in [3.8, 4) is 0 Å². The second kappa shape index (κ2) is 9.19. The Labute approximate surface area is 153 Å². The van der Waals surface area contributed by atoms with E-state index in [0.29, 0.717) is 11.2 Å². The number of rotatable bonds is 3. The van der Waals surface area contributed by atoms with Gasteiger partial charge in [0.1, 0.15) is 5.01 Å². The third-order valence-electron chi connectivity index (χ3n) is 3.42. The molecule has 0 amide bonds. The molecule has 0 spiro atoms. The van der Waals surface area contributed by atoms with Crippen LogP contribution in [0, 0.1) is 12.8 Å². The molecule has 1 aromatic rings. The second-order valence-electron chi connectivity index (χ2n) is 5.36. The summed E-state index contributed by atoms with van der Waals surface area (Å²) in [6, 6.07) is 0. The summed E-state index contributed by atoms with van der Waals surface area (Å²) in [5.74, 6) is 2.89. The van der Waals surface area contributed by atoms with Gasteiger partial charge in [0, 0.05) is 42.2 Å². The van der Waals surface area contributed by atoms with Crippen molar-refractivity contribution in [2.45, 2.75) is 32.6 Å². The van der Waals surface area contributed by atoms with Gasteiger partial charge >= 0.3 is 0 Å². The van der Waals surface area contributed by atoms with Gasteiger partial charge in [-0.3, -0.25) is 4.99 Å². The number of hydrogen-bond donors (Lipinski definition) is 1. The molecule has 0 radical (unpaired) electrons. The number of thiazole rings is 1. The molecular weight excluding hydrogens is 415 g/mol. The highest BCUT2D eigenvalue weighted by atomic mass is 127. The zero-order chi connectivity index (χ0) is 14.5. The lowest BCUT2D eigenvalue weighted by molar-refractivity contribution is 0.380. The van der Waals surface area contributed by atoms with Crippen LogP contribution in [0.15, 0.2) is 11.2 Å². The van der Waals surface area contributed by atoms with E-state index in [4.69, 9.17) is 0 Å². The zero-order valence-electron chi connectivity index (χ0n) is 13.1. The largest absolute Gasteiger partial charge is 0.350 e. The molecule has 1 unspecified atom stereocenters. The highest BCUT2D eigenvalue weighted by molar-refractivity contribution is 14.0. The average Bonchev–Trinajstić information content (AvgIpc) is 2.85. The molecule has 21 heavy (non-hydrogen) atoms. The minimum absolute atomic E-state index is 0. The van der Waals surface area contributed by atoms with Crippen molar-refractivity contribution in [2.24, 2.45) is 10.9 Å². The highest BCUT2D eigenvalue weighted by Gasteiger charge is 2.24. The van der Waals surface area contributed by atoms with Gasteiger partial charge in [-0.05, 0) is 12.8 Å². The van der Waals surface area contributed by atoms with Gasteiger partial charge < -0.3 is 10.2 Å². The molecule has 120 valence electrons. The first-order valence-corrected chi connectivity index (χ1v) is 8.95. The Hall–Kier alpha value is -0.0200. The van der Waals surface area contributed by atoms with Crippen molar-refractivity contribution in [2.75, 3.05) is 25.9 Å². The molecule has 1 aromatic heterocycles. The van der Waals surface area contributed by atoms with Crippen LogP contribution in [-0.2, 0) is 6.54 Å². The first kappa shape index (κ1) is 19.0. The molecule has 7 heteroatoms. The summed E-state index contributed by atoms with van der Waals surface area (Å²) in [7, 11) is 1.86. The van der Waals surface area contributed by atoms with Crippen LogP contribution in [0.3, 0.4) is 0 Å². The minimum Gasteiger partial charge on any atom is -0.350 e. The summed E-state index contributed by atoms with van der Waals surface area (Å²) in [6.07, 6.45) is 1.93. The highest BCUT2D eigenvalue weighted by Crippen LogP contribution is 2.24. The maximum atomic E-state index is 4.43. The van der Waals surface area contributed by atoms with E-state index in [9.17, 15) is 0 Å². The molecule has 0 bridgehead atoms. The van der Waals surface area contributed by atoms with Crippen LogP contribution in [0.2, 0.25) is 0 Å². The number of halogens is 1. The molecule has 0 saturated carbocycles. The predicted molar refractivity (Wildman–Crippen MR) is 105 cm³/mol. The summed E-state index contributed by atoms with van der Waals surface area (Å²) < 4.78 is 0. The second-order valence-corrected chi connectivity index (χ2v) is 8.03. The van der Waals surface area contributed by atoms with Crippen LogP contribution in [0.4, 0.5) is 0 Å². The van der Waals surface area contributed by atoms with Crippen LogP contribution < -0.4 is 5.32 Å². The number of nitrogens with one attached hydrogen (secondary N) is 1. The fraction of sp³-hybridized carbons (Fsp3) is 0.714. The lowest BCUT2D eigenvalue weighted by atomic mass is 10.1. The van der Waals surface area contributed by atoms with E-state index in [2.05, 4.69) is 52.7 Å². The van der Waals surface area contributed by atoms with Crippen molar-refractivity contribution in [3.05, 3.63) is 16.1 Å². The Morgan fingerprint density at radius 1 is 1.57 bits per heavy atom. The van der Waals surface area contributed by atoms with Crippen LogP contribution in [-0.4, -0.2) is 47.0 Å². The van der Waals surface area contributed by atoms with Gasteiger partial charge in [-0.1, -0.05) is 13.8 Å². The van der Waals surface area contributed by atoms with Crippen molar-refractivity contribution < 1.29 is 0 Å². The fourth-order valence-corrected chi connectivity index (χ4v) is 4.27. The molecule has 1 saturated heterocycles. The minimum atomic E-state index is 0. The number of aryl methyl sites for hydroxylation is 1. The third kappa shape index (κ3) is 5.59.